The van der Waals surface area contributed by atoms with Gasteiger partial charge in [-0.15, -0.1) is 0 Å². The summed E-state index contributed by atoms with van der Waals surface area (Å²) in [5.41, 5.74) is 3.18. The summed E-state index contributed by atoms with van der Waals surface area (Å²) in [6.07, 6.45) is -3.99. The number of ether oxygens (including phenoxy) is 4. The summed E-state index contributed by atoms with van der Waals surface area (Å²) in [5, 5.41) is 12.9. The Labute approximate surface area is 388 Å². The molecule has 0 heterocycles. The molecule has 0 aromatic heterocycles. The lowest BCUT2D eigenvalue weighted by atomic mass is 10.00. The molecule has 0 spiro atoms. The van der Waals surface area contributed by atoms with Gasteiger partial charge in [0.2, 0.25) is 6.10 Å². The molecule has 2 amide bonds. The summed E-state index contributed by atoms with van der Waals surface area (Å²) in [6, 6.07) is 31.5. The largest absolute Gasteiger partial charge is 0.489 e. The number of benzene rings is 4. The fraction of sp³-hybridized carbons (Fsp3) is 0.423. The number of nitrogens with zero attached hydrogens (tertiary/aromatic N) is 2. The van der Waals surface area contributed by atoms with Crippen LogP contribution in [0.3, 0.4) is 0 Å². The van der Waals surface area contributed by atoms with Gasteiger partial charge in [0.15, 0.2) is 12.2 Å². The SMILES string of the molecule is CN[C@@H](Cc1ccccc1)C(=O)O[C@@H](C(=O)N(C)[C@@H](Cc1ccccc1)C(=O)O[C@@H](C(=O)N(C)[C@@H](Cc1ccc(OCc2ccccc2)cc1)C(=O)O[C@@H](C(=O)O)C(C)C)C(C)C)C(C)C. The molecule has 0 saturated heterocycles. The van der Waals surface area contributed by atoms with Crippen molar-refractivity contribution in [1.82, 2.24) is 15.1 Å². The summed E-state index contributed by atoms with van der Waals surface area (Å²) in [5.74, 6) is -6.38. The average Bonchev–Trinajstić information content (AvgIpc) is 3.30. The van der Waals surface area contributed by atoms with E-state index >= 15 is 0 Å². The molecule has 14 heteroatoms. The molecular formula is C52H65N3O11. The van der Waals surface area contributed by atoms with Crippen LogP contribution in [0.4, 0.5) is 0 Å². The fourth-order valence-electron chi connectivity index (χ4n) is 7.17. The van der Waals surface area contributed by atoms with Crippen molar-refractivity contribution in [3.63, 3.8) is 0 Å². The van der Waals surface area contributed by atoms with Crippen molar-refractivity contribution in [3.05, 3.63) is 138 Å². The van der Waals surface area contributed by atoms with E-state index in [1.807, 2.05) is 66.7 Å². The van der Waals surface area contributed by atoms with Crippen LogP contribution in [0.1, 0.15) is 63.8 Å². The molecule has 2 N–H and O–H groups in total. The fourth-order valence-corrected chi connectivity index (χ4v) is 7.17. The van der Waals surface area contributed by atoms with Gasteiger partial charge < -0.3 is 39.2 Å². The maximum absolute atomic E-state index is 14.6. The molecule has 0 aliphatic carbocycles. The van der Waals surface area contributed by atoms with Gasteiger partial charge in [0.1, 0.15) is 30.5 Å². The molecule has 6 atom stereocenters. The highest BCUT2D eigenvalue weighted by atomic mass is 16.6. The first-order chi connectivity index (χ1) is 31.4. The van der Waals surface area contributed by atoms with Crippen molar-refractivity contribution in [2.24, 2.45) is 17.8 Å². The van der Waals surface area contributed by atoms with E-state index in [4.69, 9.17) is 18.9 Å². The molecule has 0 radical (unpaired) electrons. The van der Waals surface area contributed by atoms with Crippen molar-refractivity contribution in [1.29, 1.82) is 0 Å². The Morgan fingerprint density at radius 2 is 0.864 bits per heavy atom. The van der Waals surface area contributed by atoms with E-state index in [-0.39, 0.29) is 12.8 Å². The highest BCUT2D eigenvalue weighted by Gasteiger charge is 2.42. The predicted octanol–water partition coefficient (Wildman–Crippen LogP) is 6.32. The summed E-state index contributed by atoms with van der Waals surface area (Å²) >= 11 is 0. The molecule has 66 heavy (non-hydrogen) atoms. The Morgan fingerprint density at radius 3 is 1.26 bits per heavy atom. The topological polar surface area (TPSA) is 178 Å². The first-order valence-electron chi connectivity index (χ1n) is 22.3. The summed E-state index contributed by atoms with van der Waals surface area (Å²) in [6.45, 7) is 10.4. The van der Waals surface area contributed by atoms with Crippen LogP contribution in [0.25, 0.3) is 0 Å². The lowest BCUT2D eigenvalue weighted by molar-refractivity contribution is -0.177. The molecule has 0 fully saturated rings. The maximum atomic E-state index is 14.6. The van der Waals surface area contributed by atoms with Crippen LogP contribution in [0.2, 0.25) is 0 Å². The van der Waals surface area contributed by atoms with Crippen molar-refractivity contribution < 1.29 is 52.8 Å². The van der Waals surface area contributed by atoms with Gasteiger partial charge in [0.25, 0.3) is 11.8 Å². The van der Waals surface area contributed by atoms with Crippen LogP contribution in [-0.4, -0.2) is 108 Å². The summed E-state index contributed by atoms with van der Waals surface area (Å²) in [7, 11) is 4.43. The molecule has 0 saturated carbocycles. The van der Waals surface area contributed by atoms with Crippen LogP contribution < -0.4 is 10.1 Å². The van der Waals surface area contributed by atoms with Crippen molar-refractivity contribution in [2.75, 3.05) is 21.1 Å². The zero-order valence-electron chi connectivity index (χ0n) is 39.4. The standard InChI is InChI=1S/C52H65N3O11/c1-33(2)44(64-50(60)41(53-7)29-36-19-13-10-14-20-36)47(56)54(8)42(30-37-21-15-11-16-22-37)51(61)65-45(34(3)4)48(57)55(9)43(52(62)66-46(35(5)6)49(58)59)31-38-25-27-40(28-26-38)63-32-39-23-17-12-18-24-39/h10-28,33-35,41-46,53H,29-32H2,1-9H3,(H,58,59)/t41-,42-,43-,44+,45+,46+/m0/s1. The van der Waals surface area contributed by atoms with Crippen molar-refractivity contribution >= 4 is 35.7 Å². The van der Waals surface area contributed by atoms with Crippen LogP contribution >= 0.6 is 0 Å². The number of likely N-dealkylation sites (N-methyl/N-ethyl adjacent to an activating group) is 3. The van der Waals surface area contributed by atoms with Crippen molar-refractivity contribution in [2.45, 2.75) is 104 Å². The predicted molar refractivity (Wildman–Crippen MR) is 249 cm³/mol. The third-order valence-corrected chi connectivity index (χ3v) is 11.2. The van der Waals surface area contributed by atoms with Crippen LogP contribution in [-0.2, 0) is 68.8 Å². The Hall–Kier alpha value is -6.54. The van der Waals surface area contributed by atoms with Gasteiger partial charge in [-0.1, -0.05) is 145 Å². The molecule has 0 unspecified atom stereocenters. The number of hydrogen-bond donors (Lipinski definition) is 2. The van der Waals surface area contributed by atoms with E-state index in [0.29, 0.717) is 29.9 Å². The molecule has 0 bridgehead atoms. The molecule has 14 nitrogen and oxygen atoms in total. The van der Waals surface area contributed by atoms with E-state index in [9.17, 15) is 33.9 Å². The van der Waals surface area contributed by atoms with E-state index < -0.39 is 89.9 Å². The minimum Gasteiger partial charge on any atom is -0.489 e. The first kappa shape index (κ1) is 52.1. The lowest BCUT2D eigenvalue weighted by Gasteiger charge is -2.35. The second kappa shape index (κ2) is 25.2. The minimum absolute atomic E-state index is 0.00550. The quantitative estimate of drug-likeness (QED) is 0.0592. The van der Waals surface area contributed by atoms with E-state index in [2.05, 4.69) is 5.32 Å². The van der Waals surface area contributed by atoms with Gasteiger partial charge in [-0.2, -0.15) is 0 Å². The number of aliphatic carboxylic acids is 1. The number of carboxylic acids is 1. The van der Waals surface area contributed by atoms with E-state index in [0.717, 1.165) is 16.0 Å². The maximum Gasteiger partial charge on any atom is 0.345 e. The first-order valence-corrected chi connectivity index (χ1v) is 22.3. The third-order valence-electron chi connectivity index (χ3n) is 11.2. The second-order valence-corrected chi connectivity index (χ2v) is 17.4. The monoisotopic (exact) mass is 907 g/mol. The lowest BCUT2D eigenvalue weighted by Crippen LogP contribution is -2.55. The Balaban J connectivity index is 1.60. The molecule has 4 aromatic carbocycles. The highest BCUT2D eigenvalue weighted by molar-refractivity contribution is 5.92. The molecule has 4 aromatic rings. The summed E-state index contributed by atoms with van der Waals surface area (Å²) < 4.78 is 23.4. The number of carboxylic acid groups (broad SMARTS) is 1. The number of hydrogen-bond acceptors (Lipinski definition) is 11. The van der Waals surface area contributed by atoms with Crippen LogP contribution in [0.15, 0.2) is 115 Å². The van der Waals surface area contributed by atoms with Crippen molar-refractivity contribution in [3.8, 4) is 5.75 Å². The second-order valence-electron chi connectivity index (χ2n) is 17.4. The Morgan fingerprint density at radius 1 is 0.500 bits per heavy atom. The third kappa shape index (κ3) is 15.0. The smallest absolute Gasteiger partial charge is 0.345 e. The number of carbonyl (C=O) groups is 6. The molecule has 0 aliphatic heterocycles. The van der Waals surface area contributed by atoms with Crippen LogP contribution in [0.5, 0.6) is 5.75 Å². The number of carbonyl (C=O) groups excluding carboxylic acids is 5. The van der Waals surface area contributed by atoms with E-state index in [1.165, 1.54) is 19.0 Å². The zero-order chi connectivity index (χ0) is 48.5. The molecule has 354 valence electrons. The van der Waals surface area contributed by atoms with Gasteiger partial charge >= 0.3 is 23.9 Å². The van der Waals surface area contributed by atoms with Gasteiger partial charge in [-0.25, -0.2) is 14.4 Å². The van der Waals surface area contributed by atoms with Gasteiger partial charge in [-0.05, 0) is 59.7 Å². The molecule has 0 aliphatic rings. The molecule has 4 rings (SSSR count). The van der Waals surface area contributed by atoms with Gasteiger partial charge in [-0.3, -0.25) is 14.4 Å². The number of rotatable bonds is 24. The molecular weight excluding hydrogens is 843 g/mol. The van der Waals surface area contributed by atoms with Crippen LogP contribution in [0, 0.1) is 17.8 Å². The minimum atomic E-state index is -1.50. The average molecular weight is 908 g/mol. The number of amides is 2. The number of esters is 3. The summed E-state index contributed by atoms with van der Waals surface area (Å²) in [4.78, 5) is 85.4. The number of nitrogens with one attached hydrogen (secondary N) is 1. The van der Waals surface area contributed by atoms with Gasteiger partial charge in [0, 0.05) is 32.9 Å². The highest BCUT2D eigenvalue weighted by Crippen LogP contribution is 2.23. The van der Waals surface area contributed by atoms with E-state index in [1.54, 1.807) is 97.1 Å². The van der Waals surface area contributed by atoms with Gasteiger partial charge in [0.05, 0.1) is 0 Å². The Bertz CT molecular complexity index is 2180. The normalized spacial score (nSPS) is 14.0. The Kier molecular flexibility index (Phi) is 19.9. The zero-order valence-corrected chi connectivity index (χ0v) is 39.4.